The first-order valence-corrected chi connectivity index (χ1v) is 6.48. The number of hydrogen-bond acceptors (Lipinski definition) is 2. The van der Waals surface area contributed by atoms with E-state index in [0.717, 1.165) is 16.5 Å². The Morgan fingerprint density at radius 1 is 1.00 bits per heavy atom. The second kappa shape index (κ2) is 5.58. The van der Waals surface area contributed by atoms with Crippen LogP contribution in [0.3, 0.4) is 0 Å². The average molecular weight is 270 g/mol. The summed E-state index contributed by atoms with van der Waals surface area (Å²) in [5, 5.41) is 1.29. The molecule has 0 unspecified atom stereocenters. The van der Waals surface area contributed by atoms with Crippen LogP contribution in [0.25, 0.3) is 0 Å². The Balaban J connectivity index is 1.99. The minimum Gasteiger partial charge on any atom is -0.240 e. The molecule has 0 aliphatic rings. The van der Waals surface area contributed by atoms with Crippen LogP contribution in [0.5, 0.6) is 0 Å². The fraction of sp³-hybridized carbons (Fsp3) is 0.0833. The van der Waals surface area contributed by atoms with Crippen LogP contribution in [0, 0.1) is 0 Å². The summed E-state index contributed by atoms with van der Waals surface area (Å²) in [6.07, 6.45) is 0. The summed E-state index contributed by atoms with van der Waals surface area (Å²) in [7, 11) is 0. The predicted octanol–water partition coefficient (Wildman–Crippen LogP) is 4.68. The lowest BCUT2D eigenvalue weighted by Gasteiger charge is -2.01. The highest BCUT2D eigenvalue weighted by Crippen LogP contribution is 2.23. The molecule has 2 aromatic rings. The second-order valence-electron chi connectivity index (χ2n) is 3.19. The summed E-state index contributed by atoms with van der Waals surface area (Å²) in [6, 6.07) is 13.4. The monoisotopic (exact) mass is 269 g/mol. The first-order chi connectivity index (χ1) is 7.74. The lowest BCUT2D eigenvalue weighted by molar-refractivity contribution is 1.17. The number of nitrogens with zero attached hydrogens (tertiary/aromatic N) is 1. The van der Waals surface area contributed by atoms with Gasteiger partial charge in [-0.05, 0) is 36.4 Å². The van der Waals surface area contributed by atoms with E-state index in [0.29, 0.717) is 5.15 Å². The zero-order valence-corrected chi connectivity index (χ0v) is 10.7. The highest BCUT2D eigenvalue weighted by molar-refractivity contribution is 7.98. The Morgan fingerprint density at radius 2 is 1.75 bits per heavy atom. The minimum atomic E-state index is 0.536. The number of hydrogen-bond donors (Lipinski definition) is 0. The molecule has 16 heavy (non-hydrogen) atoms. The van der Waals surface area contributed by atoms with Crippen molar-refractivity contribution in [2.75, 3.05) is 0 Å². The van der Waals surface area contributed by atoms with Crippen molar-refractivity contribution in [3.8, 4) is 0 Å². The van der Waals surface area contributed by atoms with Crippen molar-refractivity contribution in [1.29, 1.82) is 0 Å². The zero-order valence-electron chi connectivity index (χ0n) is 8.36. The van der Waals surface area contributed by atoms with Crippen molar-refractivity contribution in [3.63, 3.8) is 0 Å². The molecule has 0 atom stereocenters. The minimum absolute atomic E-state index is 0.536. The SMILES string of the molecule is Clc1ccc(SCc2cccc(Cl)n2)cc1. The number of thioether (sulfide) groups is 1. The van der Waals surface area contributed by atoms with E-state index >= 15 is 0 Å². The highest BCUT2D eigenvalue weighted by atomic mass is 35.5. The third-order valence-electron chi connectivity index (χ3n) is 1.97. The largest absolute Gasteiger partial charge is 0.240 e. The molecule has 0 amide bonds. The van der Waals surface area contributed by atoms with Gasteiger partial charge in [-0.3, -0.25) is 0 Å². The van der Waals surface area contributed by atoms with E-state index in [-0.39, 0.29) is 0 Å². The van der Waals surface area contributed by atoms with Crippen LogP contribution in [0.1, 0.15) is 5.69 Å². The number of aromatic nitrogens is 1. The van der Waals surface area contributed by atoms with Crippen LogP contribution in [-0.4, -0.2) is 4.98 Å². The maximum absolute atomic E-state index is 5.81. The van der Waals surface area contributed by atoms with Gasteiger partial charge in [-0.2, -0.15) is 0 Å². The van der Waals surface area contributed by atoms with Gasteiger partial charge in [0.2, 0.25) is 0 Å². The van der Waals surface area contributed by atoms with E-state index < -0.39 is 0 Å². The predicted molar refractivity (Wildman–Crippen MR) is 70.3 cm³/mol. The van der Waals surface area contributed by atoms with Crippen LogP contribution in [-0.2, 0) is 5.75 Å². The highest BCUT2D eigenvalue weighted by Gasteiger charge is 1.98. The van der Waals surface area contributed by atoms with Crippen LogP contribution in [0.4, 0.5) is 0 Å². The quantitative estimate of drug-likeness (QED) is 0.593. The standard InChI is InChI=1S/C12H9Cl2NS/c13-9-4-6-11(7-5-9)16-8-10-2-1-3-12(14)15-10/h1-7H,8H2. The summed E-state index contributed by atoms with van der Waals surface area (Å²) in [4.78, 5) is 5.40. The second-order valence-corrected chi connectivity index (χ2v) is 5.07. The molecule has 0 saturated carbocycles. The Labute approximate surface area is 109 Å². The zero-order chi connectivity index (χ0) is 11.4. The fourth-order valence-electron chi connectivity index (χ4n) is 1.22. The smallest absolute Gasteiger partial charge is 0.129 e. The molecule has 1 aromatic heterocycles. The van der Waals surface area contributed by atoms with Gasteiger partial charge < -0.3 is 0 Å². The molecular weight excluding hydrogens is 261 g/mol. The van der Waals surface area contributed by atoms with E-state index in [2.05, 4.69) is 4.98 Å². The van der Waals surface area contributed by atoms with Crippen molar-refractivity contribution < 1.29 is 0 Å². The van der Waals surface area contributed by atoms with Crippen molar-refractivity contribution >= 4 is 35.0 Å². The number of benzene rings is 1. The van der Waals surface area contributed by atoms with Gasteiger partial charge in [-0.1, -0.05) is 29.3 Å². The maximum Gasteiger partial charge on any atom is 0.129 e. The first kappa shape index (κ1) is 11.8. The topological polar surface area (TPSA) is 12.9 Å². The van der Waals surface area contributed by atoms with Crippen molar-refractivity contribution in [3.05, 3.63) is 58.3 Å². The van der Waals surface area contributed by atoms with Gasteiger partial charge in [-0.25, -0.2) is 4.98 Å². The van der Waals surface area contributed by atoms with Crippen LogP contribution in [0.15, 0.2) is 47.4 Å². The molecule has 0 fully saturated rings. The van der Waals surface area contributed by atoms with E-state index in [1.54, 1.807) is 17.8 Å². The normalized spacial score (nSPS) is 10.4. The Hall–Kier alpha value is -0.700. The average Bonchev–Trinajstić information content (AvgIpc) is 2.28. The lowest BCUT2D eigenvalue weighted by atomic mass is 10.4. The molecule has 0 radical (unpaired) electrons. The summed E-state index contributed by atoms with van der Waals surface area (Å²) in [5.74, 6) is 0.808. The molecular formula is C12H9Cl2NS. The molecule has 0 saturated heterocycles. The summed E-state index contributed by atoms with van der Waals surface area (Å²) >= 11 is 13.3. The third-order valence-corrected chi connectivity index (χ3v) is 3.48. The van der Waals surface area contributed by atoms with E-state index in [9.17, 15) is 0 Å². The Morgan fingerprint density at radius 3 is 2.44 bits per heavy atom. The molecule has 4 heteroatoms. The van der Waals surface area contributed by atoms with Gasteiger partial charge in [-0.15, -0.1) is 11.8 Å². The Bertz CT molecular complexity index is 471. The van der Waals surface area contributed by atoms with Gasteiger partial charge in [0.25, 0.3) is 0 Å². The Kier molecular flexibility index (Phi) is 4.10. The molecule has 2 rings (SSSR count). The van der Waals surface area contributed by atoms with E-state index in [1.165, 1.54) is 4.90 Å². The van der Waals surface area contributed by atoms with Crippen molar-refractivity contribution in [2.24, 2.45) is 0 Å². The molecule has 0 N–H and O–H groups in total. The number of halogens is 2. The third kappa shape index (κ3) is 3.41. The summed E-state index contributed by atoms with van der Waals surface area (Å²) in [6.45, 7) is 0. The van der Waals surface area contributed by atoms with Crippen molar-refractivity contribution in [1.82, 2.24) is 4.98 Å². The first-order valence-electron chi connectivity index (χ1n) is 4.74. The molecule has 82 valence electrons. The molecule has 0 aliphatic carbocycles. The van der Waals surface area contributed by atoms with Crippen LogP contribution in [0.2, 0.25) is 10.2 Å². The van der Waals surface area contributed by atoms with Crippen LogP contribution >= 0.6 is 35.0 Å². The molecule has 0 aliphatic heterocycles. The maximum atomic E-state index is 5.81. The van der Waals surface area contributed by atoms with Gasteiger partial charge in [0, 0.05) is 15.7 Å². The summed E-state index contributed by atoms with van der Waals surface area (Å²) < 4.78 is 0. The summed E-state index contributed by atoms with van der Waals surface area (Å²) in [5.41, 5.74) is 0.979. The van der Waals surface area contributed by atoms with Gasteiger partial charge >= 0.3 is 0 Å². The van der Waals surface area contributed by atoms with Crippen molar-refractivity contribution in [2.45, 2.75) is 10.6 Å². The van der Waals surface area contributed by atoms with Gasteiger partial charge in [0.1, 0.15) is 5.15 Å². The lowest BCUT2D eigenvalue weighted by Crippen LogP contribution is -1.86. The number of pyridine rings is 1. The fourth-order valence-corrected chi connectivity index (χ4v) is 2.33. The number of rotatable bonds is 3. The molecule has 1 nitrogen and oxygen atoms in total. The molecule has 1 heterocycles. The van der Waals surface area contributed by atoms with E-state index in [4.69, 9.17) is 23.2 Å². The van der Waals surface area contributed by atoms with Crippen LogP contribution < -0.4 is 0 Å². The molecule has 0 bridgehead atoms. The van der Waals surface area contributed by atoms with E-state index in [1.807, 2.05) is 36.4 Å². The molecule has 0 spiro atoms. The molecule has 1 aromatic carbocycles. The van der Waals surface area contributed by atoms with Gasteiger partial charge in [0.05, 0.1) is 5.69 Å². The van der Waals surface area contributed by atoms with Gasteiger partial charge in [0.15, 0.2) is 0 Å².